The number of hydrogen-bond donors (Lipinski definition) is 0. The average Bonchev–Trinajstić information content (AvgIpc) is 3.74. The molecule has 0 amide bonds. The number of fused-ring (bicyclic) bond motifs is 12. The Morgan fingerprint density at radius 1 is 0.239 bits per heavy atom. The van der Waals surface area contributed by atoms with Gasteiger partial charge in [0.1, 0.15) is 0 Å². The van der Waals surface area contributed by atoms with Crippen LogP contribution in [-0.4, -0.2) is 14.5 Å². The summed E-state index contributed by atoms with van der Waals surface area (Å²) < 4.78 is 2.37. The second-order valence-electron chi connectivity index (χ2n) is 17.8. The number of benzene rings is 12. The third-order valence-corrected chi connectivity index (χ3v) is 14.0. The van der Waals surface area contributed by atoms with Crippen LogP contribution in [0.3, 0.4) is 0 Å². The maximum absolute atomic E-state index is 4.79. The highest BCUT2D eigenvalue weighted by atomic mass is 15.0. The molecule has 3 heteroatoms. The van der Waals surface area contributed by atoms with Gasteiger partial charge >= 0.3 is 0 Å². The van der Waals surface area contributed by atoms with Crippen molar-refractivity contribution >= 4 is 86.7 Å². The molecule has 2 aromatic heterocycles. The van der Waals surface area contributed by atoms with Crippen molar-refractivity contribution in [3.63, 3.8) is 0 Å². The predicted octanol–water partition coefficient (Wildman–Crippen LogP) is 17.2. The van der Waals surface area contributed by atoms with E-state index in [0.29, 0.717) is 0 Å². The summed E-state index contributed by atoms with van der Waals surface area (Å²) in [5, 5.41) is 14.5. The standard InChI is InChI=1S/C64H39N3/c1-2-8-54(9-3-1)67-61-13-7-6-11-57(61)59-38-53(27-29-62(59)67)51-25-23-47-35-45(19-21-49(47)37-51)43-17-15-40-32-42(16-14-41(40)33-43)44-18-20-48-36-50(24-22-46(48)34-44)52-26-28-56-55-10-4-5-12-58(55)63-64(60(56)39-52)66-31-30-65-63/h1-39H. The van der Waals surface area contributed by atoms with Gasteiger partial charge in [-0.3, -0.25) is 9.97 Å². The summed E-state index contributed by atoms with van der Waals surface area (Å²) in [5.41, 5.74) is 15.1. The van der Waals surface area contributed by atoms with Crippen molar-refractivity contribution in [1.29, 1.82) is 0 Å². The number of rotatable bonds is 5. The van der Waals surface area contributed by atoms with Crippen LogP contribution in [0.2, 0.25) is 0 Å². The topological polar surface area (TPSA) is 30.7 Å². The van der Waals surface area contributed by atoms with E-state index in [4.69, 9.17) is 9.97 Å². The number of aromatic nitrogens is 3. The second-order valence-corrected chi connectivity index (χ2v) is 17.8. The van der Waals surface area contributed by atoms with Crippen LogP contribution in [0.5, 0.6) is 0 Å². The molecule has 0 spiro atoms. The molecule has 0 fully saturated rings. The first-order chi connectivity index (χ1) is 33.2. The Bertz CT molecular complexity index is 4300. The number of para-hydroxylation sites is 2. The zero-order valence-electron chi connectivity index (χ0n) is 36.4. The van der Waals surface area contributed by atoms with Gasteiger partial charge < -0.3 is 4.57 Å². The Morgan fingerprint density at radius 3 is 1.12 bits per heavy atom. The third kappa shape index (κ3) is 6.13. The quantitative estimate of drug-likeness (QED) is 0.162. The van der Waals surface area contributed by atoms with E-state index in [0.717, 1.165) is 21.8 Å². The van der Waals surface area contributed by atoms with Crippen molar-refractivity contribution in [3.05, 3.63) is 237 Å². The van der Waals surface area contributed by atoms with E-state index in [1.165, 1.54) is 115 Å². The van der Waals surface area contributed by atoms with Gasteiger partial charge in [0.2, 0.25) is 0 Å². The Labute approximate surface area is 386 Å². The number of nitrogens with zero attached hydrogens (tertiary/aromatic N) is 3. The molecule has 0 aliphatic rings. The Morgan fingerprint density at radius 2 is 0.597 bits per heavy atom. The summed E-state index contributed by atoms with van der Waals surface area (Å²) in [6, 6.07) is 82.5. The van der Waals surface area contributed by atoms with Crippen LogP contribution in [0, 0.1) is 0 Å². The van der Waals surface area contributed by atoms with Gasteiger partial charge in [-0.2, -0.15) is 0 Å². The van der Waals surface area contributed by atoms with Crippen molar-refractivity contribution in [2.45, 2.75) is 0 Å². The van der Waals surface area contributed by atoms with E-state index >= 15 is 0 Å². The fraction of sp³-hybridized carbons (Fsp3) is 0. The molecule has 0 radical (unpaired) electrons. The summed E-state index contributed by atoms with van der Waals surface area (Å²) in [4.78, 5) is 9.54. The normalized spacial score (nSPS) is 11.9. The molecule has 0 saturated heterocycles. The first kappa shape index (κ1) is 37.5. The molecule has 67 heavy (non-hydrogen) atoms. The molecule has 0 aliphatic carbocycles. The molecule has 14 rings (SSSR count). The van der Waals surface area contributed by atoms with Crippen LogP contribution in [0.25, 0.3) is 137 Å². The van der Waals surface area contributed by atoms with E-state index in [1.807, 2.05) is 0 Å². The number of hydrogen-bond acceptors (Lipinski definition) is 2. The van der Waals surface area contributed by atoms with E-state index in [-0.39, 0.29) is 0 Å². The monoisotopic (exact) mass is 849 g/mol. The lowest BCUT2D eigenvalue weighted by molar-refractivity contribution is 1.18. The predicted molar refractivity (Wildman–Crippen MR) is 283 cm³/mol. The minimum atomic E-state index is 0.938. The Kier molecular flexibility index (Phi) is 8.28. The van der Waals surface area contributed by atoms with Gasteiger partial charge in [0.25, 0.3) is 0 Å². The van der Waals surface area contributed by atoms with E-state index in [9.17, 15) is 0 Å². The largest absolute Gasteiger partial charge is 0.309 e. The first-order valence-electron chi connectivity index (χ1n) is 22.9. The highest BCUT2D eigenvalue weighted by Crippen LogP contribution is 2.39. The van der Waals surface area contributed by atoms with E-state index in [1.54, 1.807) is 12.4 Å². The van der Waals surface area contributed by atoms with Crippen molar-refractivity contribution < 1.29 is 0 Å². The van der Waals surface area contributed by atoms with Crippen LogP contribution >= 0.6 is 0 Å². The van der Waals surface area contributed by atoms with Crippen LogP contribution < -0.4 is 0 Å². The van der Waals surface area contributed by atoms with Crippen molar-refractivity contribution in [3.8, 4) is 50.2 Å². The summed E-state index contributed by atoms with van der Waals surface area (Å²) >= 11 is 0. The lowest BCUT2D eigenvalue weighted by atomic mass is 9.93. The Balaban J connectivity index is 0.739. The molecule has 12 aromatic carbocycles. The van der Waals surface area contributed by atoms with Crippen LogP contribution in [0.1, 0.15) is 0 Å². The Hall–Kier alpha value is -8.92. The molecule has 14 aromatic rings. The maximum Gasteiger partial charge on any atom is 0.0971 e. The van der Waals surface area contributed by atoms with Crippen LogP contribution in [0.4, 0.5) is 0 Å². The summed E-state index contributed by atoms with van der Waals surface area (Å²) in [6.45, 7) is 0. The molecular formula is C64H39N3. The fourth-order valence-corrected chi connectivity index (χ4v) is 10.6. The highest BCUT2D eigenvalue weighted by Gasteiger charge is 2.15. The minimum Gasteiger partial charge on any atom is -0.309 e. The van der Waals surface area contributed by atoms with Crippen molar-refractivity contribution in [2.75, 3.05) is 0 Å². The molecule has 310 valence electrons. The summed E-state index contributed by atoms with van der Waals surface area (Å²) in [6.07, 6.45) is 3.57. The van der Waals surface area contributed by atoms with E-state index in [2.05, 4.69) is 229 Å². The van der Waals surface area contributed by atoms with Gasteiger partial charge in [0.15, 0.2) is 0 Å². The SMILES string of the molecule is c1ccc(-n2c3ccccc3c3cc(-c4ccc5cc(-c6ccc7cc(-c8ccc9cc(-c%10ccc%11c%12ccccc%12c%12nccnc%12c%11c%10)ccc9c8)ccc7c6)ccc5c4)ccc32)cc1. The average molecular weight is 850 g/mol. The fourth-order valence-electron chi connectivity index (χ4n) is 10.6. The van der Waals surface area contributed by atoms with Gasteiger partial charge in [-0.05, 0) is 160 Å². The molecule has 0 aliphatic heterocycles. The maximum atomic E-state index is 4.79. The lowest BCUT2D eigenvalue weighted by Crippen LogP contribution is -1.92. The van der Waals surface area contributed by atoms with Crippen molar-refractivity contribution in [1.82, 2.24) is 14.5 Å². The van der Waals surface area contributed by atoms with Crippen molar-refractivity contribution in [2.24, 2.45) is 0 Å². The molecular weight excluding hydrogens is 811 g/mol. The van der Waals surface area contributed by atoms with Gasteiger partial charge in [-0.15, -0.1) is 0 Å². The zero-order valence-corrected chi connectivity index (χ0v) is 36.4. The molecule has 2 heterocycles. The molecule has 3 nitrogen and oxygen atoms in total. The summed E-state index contributed by atoms with van der Waals surface area (Å²) in [7, 11) is 0. The lowest BCUT2D eigenvalue weighted by Gasteiger charge is -2.12. The second kappa shape index (κ2) is 14.8. The molecule has 0 bridgehead atoms. The third-order valence-electron chi connectivity index (χ3n) is 14.0. The van der Waals surface area contributed by atoms with Gasteiger partial charge in [0, 0.05) is 39.6 Å². The highest BCUT2D eigenvalue weighted by molar-refractivity contribution is 6.23. The first-order valence-corrected chi connectivity index (χ1v) is 22.9. The molecule has 0 atom stereocenters. The van der Waals surface area contributed by atoms with E-state index < -0.39 is 0 Å². The molecule has 0 saturated carbocycles. The molecule has 0 unspecified atom stereocenters. The van der Waals surface area contributed by atoms with Gasteiger partial charge in [-0.25, -0.2) is 0 Å². The van der Waals surface area contributed by atoms with Gasteiger partial charge in [-0.1, -0.05) is 152 Å². The smallest absolute Gasteiger partial charge is 0.0971 e. The van der Waals surface area contributed by atoms with Crippen LogP contribution in [-0.2, 0) is 0 Å². The minimum absolute atomic E-state index is 0.938. The van der Waals surface area contributed by atoms with Gasteiger partial charge in [0.05, 0.1) is 22.1 Å². The molecule has 0 N–H and O–H groups in total. The zero-order chi connectivity index (χ0) is 44.0. The summed E-state index contributed by atoms with van der Waals surface area (Å²) in [5.74, 6) is 0. The van der Waals surface area contributed by atoms with Crippen LogP contribution in [0.15, 0.2) is 237 Å².